The van der Waals surface area contributed by atoms with Crippen LogP contribution in [-0.4, -0.2) is 22.1 Å². The number of aromatic amines is 1. The summed E-state index contributed by atoms with van der Waals surface area (Å²) in [5.74, 6) is 1.24. The van der Waals surface area contributed by atoms with Gasteiger partial charge < -0.3 is 5.32 Å². The first-order chi connectivity index (χ1) is 9.65. The molecule has 1 fully saturated rings. The lowest BCUT2D eigenvalue weighted by molar-refractivity contribution is 0.0896. The molecule has 3 rings (SSSR count). The predicted molar refractivity (Wildman–Crippen MR) is 79.5 cm³/mol. The molecule has 20 heavy (non-hydrogen) atoms. The standard InChI is InChI=1S/C16H21N3O/c1-10-7-8-13(11(2)9-10)17-16(20)15-12-5-3-4-6-14(12)18-19-15/h3-6,10-11,13H,7-9H2,1-2H3,(H,17,20)(H,18,19). The summed E-state index contributed by atoms with van der Waals surface area (Å²) in [6.45, 7) is 4.51. The Labute approximate surface area is 119 Å². The maximum atomic E-state index is 12.4. The van der Waals surface area contributed by atoms with Gasteiger partial charge in [0.1, 0.15) is 0 Å². The van der Waals surface area contributed by atoms with E-state index in [0.29, 0.717) is 11.6 Å². The maximum absolute atomic E-state index is 12.4. The first-order valence-corrected chi connectivity index (χ1v) is 7.39. The number of carbonyl (C=O) groups excluding carboxylic acids is 1. The molecule has 3 atom stereocenters. The Bertz CT molecular complexity index is 619. The highest BCUT2D eigenvalue weighted by Gasteiger charge is 2.27. The fourth-order valence-electron chi connectivity index (χ4n) is 3.25. The molecule has 1 heterocycles. The average molecular weight is 271 g/mol. The summed E-state index contributed by atoms with van der Waals surface area (Å²) >= 11 is 0. The van der Waals surface area contributed by atoms with Crippen molar-refractivity contribution < 1.29 is 4.79 Å². The molecule has 0 aliphatic heterocycles. The molecule has 3 unspecified atom stereocenters. The monoisotopic (exact) mass is 271 g/mol. The van der Waals surface area contributed by atoms with Crippen LogP contribution in [0.1, 0.15) is 43.6 Å². The molecule has 1 saturated carbocycles. The number of hydrogen-bond donors (Lipinski definition) is 2. The number of amides is 1. The lowest BCUT2D eigenvalue weighted by Gasteiger charge is -2.32. The molecule has 0 spiro atoms. The van der Waals surface area contributed by atoms with Gasteiger partial charge in [-0.15, -0.1) is 0 Å². The molecule has 1 aromatic heterocycles. The van der Waals surface area contributed by atoms with Crippen molar-refractivity contribution in [2.45, 2.75) is 39.2 Å². The third-order valence-corrected chi connectivity index (χ3v) is 4.43. The highest BCUT2D eigenvalue weighted by Crippen LogP contribution is 2.29. The number of H-pyrrole nitrogens is 1. The molecule has 1 aliphatic carbocycles. The van der Waals surface area contributed by atoms with Crippen molar-refractivity contribution in [1.82, 2.24) is 15.5 Å². The summed E-state index contributed by atoms with van der Waals surface area (Å²) < 4.78 is 0. The van der Waals surface area contributed by atoms with E-state index >= 15 is 0 Å². The first-order valence-electron chi connectivity index (χ1n) is 7.39. The molecule has 2 N–H and O–H groups in total. The fraction of sp³-hybridized carbons (Fsp3) is 0.500. The van der Waals surface area contributed by atoms with Gasteiger partial charge in [0.25, 0.3) is 5.91 Å². The Kier molecular flexibility index (Phi) is 3.47. The molecular weight excluding hydrogens is 250 g/mol. The van der Waals surface area contributed by atoms with Crippen LogP contribution in [0.3, 0.4) is 0 Å². The minimum Gasteiger partial charge on any atom is -0.348 e. The SMILES string of the molecule is CC1CCC(NC(=O)c2n[nH]c3ccccc23)C(C)C1. The molecule has 0 bridgehead atoms. The lowest BCUT2D eigenvalue weighted by Crippen LogP contribution is -2.42. The minimum atomic E-state index is -0.0612. The zero-order valence-corrected chi connectivity index (χ0v) is 12.0. The number of benzene rings is 1. The molecule has 2 aromatic rings. The minimum absolute atomic E-state index is 0.0612. The number of rotatable bonds is 2. The summed E-state index contributed by atoms with van der Waals surface area (Å²) in [7, 11) is 0. The zero-order chi connectivity index (χ0) is 14.1. The normalized spacial score (nSPS) is 26.6. The van der Waals surface area contributed by atoms with Gasteiger partial charge in [-0.2, -0.15) is 5.10 Å². The number of para-hydroxylation sites is 1. The van der Waals surface area contributed by atoms with E-state index in [9.17, 15) is 4.79 Å². The molecule has 1 aliphatic rings. The topological polar surface area (TPSA) is 57.8 Å². The van der Waals surface area contributed by atoms with Crippen LogP contribution in [0.2, 0.25) is 0 Å². The number of carbonyl (C=O) groups is 1. The van der Waals surface area contributed by atoms with Gasteiger partial charge in [-0.05, 0) is 37.2 Å². The van der Waals surface area contributed by atoms with E-state index in [1.165, 1.54) is 12.8 Å². The highest BCUT2D eigenvalue weighted by molar-refractivity contribution is 6.04. The van der Waals surface area contributed by atoms with Crippen LogP contribution in [0.5, 0.6) is 0 Å². The summed E-state index contributed by atoms with van der Waals surface area (Å²) in [6.07, 6.45) is 3.44. The van der Waals surface area contributed by atoms with E-state index in [4.69, 9.17) is 0 Å². The third kappa shape index (κ3) is 2.42. The number of nitrogens with zero attached hydrogens (tertiary/aromatic N) is 1. The Morgan fingerprint density at radius 3 is 2.90 bits per heavy atom. The average Bonchev–Trinajstić information content (AvgIpc) is 2.86. The molecule has 106 valence electrons. The first kappa shape index (κ1) is 13.2. The van der Waals surface area contributed by atoms with Crippen LogP contribution in [0, 0.1) is 11.8 Å². The van der Waals surface area contributed by atoms with Gasteiger partial charge in [-0.1, -0.05) is 32.0 Å². The van der Waals surface area contributed by atoms with Gasteiger partial charge in [-0.3, -0.25) is 9.89 Å². The summed E-state index contributed by atoms with van der Waals surface area (Å²) in [4.78, 5) is 12.4. The van der Waals surface area contributed by atoms with Crippen molar-refractivity contribution in [3.8, 4) is 0 Å². The Morgan fingerprint density at radius 2 is 2.10 bits per heavy atom. The van der Waals surface area contributed by atoms with Crippen LogP contribution < -0.4 is 5.32 Å². The van der Waals surface area contributed by atoms with Crippen molar-refractivity contribution in [3.05, 3.63) is 30.0 Å². The van der Waals surface area contributed by atoms with E-state index in [2.05, 4.69) is 29.4 Å². The van der Waals surface area contributed by atoms with Crippen molar-refractivity contribution in [3.63, 3.8) is 0 Å². The smallest absolute Gasteiger partial charge is 0.272 e. The molecule has 1 amide bonds. The third-order valence-electron chi connectivity index (χ3n) is 4.43. The quantitative estimate of drug-likeness (QED) is 0.881. The van der Waals surface area contributed by atoms with Gasteiger partial charge in [-0.25, -0.2) is 0 Å². The number of fused-ring (bicyclic) bond motifs is 1. The predicted octanol–water partition coefficient (Wildman–Crippen LogP) is 3.12. The van der Waals surface area contributed by atoms with Crippen LogP contribution in [0.25, 0.3) is 10.9 Å². The summed E-state index contributed by atoms with van der Waals surface area (Å²) in [6, 6.07) is 8.01. The van der Waals surface area contributed by atoms with E-state index in [1.807, 2.05) is 24.3 Å². The van der Waals surface area contributed by atoms with Gasteiger partial charge in [0.2, 0.25) is 0 Å². The van der Waals surface area contributed by atoms with Crippen molar-refractivity contribution in [2.75, 3.05) is 0 Å². The largest absolute Gasteiger partial charge is 0.348 e. The van der Waals surface area contributed by atoms with Crippen LogP contribution in [0.4, 0.5) is 0 Å². The van der Waals surface area contributed by atoms with Crippen molar-refractivity contribution >= 4 is 16.8 Å². The Hall–Kier alpha value is -1.84. The van der Waals surface area contributed by atoms with E-state index in [0.717, 1.165) is 23.2 Å². The van der Waals surface area contributed by atoms with Gasteiger partial charge in [0, 0.05) is 11.4 Å². The number of hydrogen-bond acceptors (Lipinski definition) is 2. The summed E-state index contributed by atoms with van der Waals surface area (Å²) in [5, 5.41) is 11.1. The lowest BCUT2D eigenvalue weighted by atomic mass is 9.80. The van der Waals surface area contributed by atoms with E-state index in [1.54, 1.807) is 0 Å². The Balaban J connectivity index is 1.76. The summed E-state index contributed by atoms with van der Waals surface area (Å²) in [5.41, 5.74) is 1.41. The Morgan fingerprint density at radius 1 is 1.30 bits per heavy atom. The second-order valence-electron chi connectivity index (χ2n) is 6.09. The molecular formula is C16H21N3O. The molecule has 1 aromatic carbocycles. The highest BCUT2D eigenvalue weighted by atomic mass is 16.2. The zero-order valence-electron chi connectivity index (χ0n) is 12.0. The van der Waals surface area contributed by atoms with Gasteiger partial charge in [0.15, 0.2) is 5.69 Å². The second kappa shape index (κ2) is 5.27. The number of aromatic nitrogens is 2. The van der Waals surface area contributed by atoms with Crippen LogP contribution >= 0.6 is 0 Å². The maximum Gasteiger partial charge on any atom is 0.272 e. The van der Waals surface area contributed by atoms with Gasteiger partial charge >= 0.3 is 0 Å². The van der Waals surface area contributed by atoms with Crippen LogP contribution in [-0.2, 0) is 0 Å². The molecule has 4 heteroatoms. The molecule has 0 saturated heterocycles. The number of nitrogens with one attached hydrogen (secondary N) is 2. The second-order valence-corrected chi connectivity index (χ2v) is 6.09. The van der Waals surface area contributed by atoms with Crippen LogP contribution in [0.15, 0.2) is 24.3 Å². The molecule has 4 nitrogen and oxygen atoms in total. The van der Waals surface area contributed by atoms with Crippen molar-refractivity contribution in [2.24, 2.45) is 11.8 Å². The molecule has 0 radical (unpaired) electrons. The fourth-order valence-corrected chi connectivity index (χ4v) is 3.25. The van der Waals surface area contributed by atoms with Gasteiger partial charge in [0.05, 0.1) is 5.52 Å². The van der Waals surface area contributed by atoms with Crippen molar-refractivity contribution in [1.29, 1.82) is 0 Å². The van der Waals surface area contributed by atoms with E-state index < -0.39 is 0 Å². The van der Waals surface area contributed by atoms with E-state index in [-0.39, 0.29) is 11.9 Å².